The molecular formula is C57H37N5. The smallest absolute Gasteiger partial charge is 0.238 e. The Hall–Kier alpha value is -8.41. The number of para-hydroxylation sites is 3. The van der Waals surface area contributed by atoms with Crippen LogP contribution in [0, 0.1) is 0 Å². The van der Waals surface area contributed by atoms with Crippen molar-refractivity contribution in [2.45, 2.75) is 0 Å². The predicted molar refractivity (Wildman–Crippen MR) is 256 cm³/mol. The molecule has 0 amide bonds. The molecule has 0 saturated heterocycles. The fraction of sp³-hybridized carbons (Fsp3) is 0. The van der Waals surface area contributed by atoms with Gasteiger partial charge in [-0.2, -0.15) is 9.97 Å². The summed E-state index contributed by atoms with van der Waals surface area (Å²) in [6.07, 6.45) is 0. The quantitative estimate of drug-likeness (QED) is 0.162. The summed E-state index contributed by atoms with van der Waals surface area (Å²) in [5, 5.41) is 4.57. The molecule has 0 radical (unpaired) electrons. The molecule has 0 unspecified atom stereocenters. The standard InChI is InChI=1S/C57H37N5/c1-4-18-38(19-5-1)39-32-34-42(35-33-39)56-58-55(41-22-8-3-9-23-41)59-57(60-56)62-52-31-17-14-28-47(52)49-37-36-48-46-27-13-16-30-51(46)61(53(48)54(49)62)50-29-15-12-26-45(50)44-25-11-10-24-43(44)40-20-6-2-7-21-40/h1-37H. The molecule has 0 aliphatic carbocycles. The average Bonchev–Trinajstić information content (AvgIpc) is 3.88. The summed E-state index contributed by atoms with van der Waals surface area (Å²) in [6.45, 7) is 0. The molecule has 0 aliphatic heterocycles. The van der Waals surface area contributed by atoms with Crippen LogP contribution in [0.3, 0.4) is 0 Å². The molecule has 0 fully saturated rings. The fourth-order valence-corrected chi connectivity index (χ4v) is 9.20. The van der Waals surface area contributed by atoms with Crippen molar-refractivity contribution in [2.75, 3.05) is 0 Å². The van der Waals surface area contributed by atoms with Crippen LogP contribution in [0.15, 0.2) is 224 Å². The predicted octanol–water partition coefficient (Wildman–Crippen LogP) is 14.4. The maximum absolute atomic E-state index is 5.38. The molecule has 0 bridgehead atoms. The van der Waals surface area contributed by atoms with Crippen molar-refractivity contribution in [1.29, 1.82) is 0 Å². The minimum atomic E-state index is 0.555. The van der Waals surface area contributed by atoms with Gasteiger partial charge in [0, 0.05) is 38.2 Å². The second-order valence-corrected chi connectivity index (χ2v) is 15.6. The van der Waals surface area contributed by atoms with Gasteiger partial charge in [0.05, 0.1) is 27.8 Å². The van der Waals surface area contributed by atoms with Crippen LogP contribution < -0.4 is 0 Å². The minimum absolute atomic E-state index is 0.555. The van der Waals surface area contributed by atoms with Gasteiger partial charge < -0.3 is 4.57 Å². The van der Waals surface area contributed by atoms with Gasteiger partial charge in [-0.1, -0.05) is 206 Å². The first-order valence-electron chi connectivity index (χ1n) is 21.0. The van der Waals surface area contributed by atoms with Crippen LogP contribution >= 0.6 is 0 Å². The van der Waals surface area contributed by atoms with Gasteiger partial charge in [-0.05, 0) is 46.0 Å². The van der Waals surface area contributed by atoms with Crippen molar-refractivity contribution >= 4 is 43.6 Å². The molecule has 12 rings (SSSR count). The van der Waals surface area contributed by atoms with Crippen LogP contribution in [0.2, 0.25) is 0 Å². The Morgan fingerprint density at radius 1 is 0.258 bits per heavy atom. The van der Waals surface area contributed by atoms with E-state index in [1.807, 2.05) is 24.3 Å². The molecule has 9 aromatic carbocycles. The van der Waals surface area contributed by atoms with Gasteiger partial charge in [-0.15, -0.1) is 0 Å². The van der Waals surface area contributed by atoms with E-state index in [9.17, 15) is 0 Å². The Morgan fingerprint density at radius 2 is 0.677 bits per heavy atom. The van der Waals surface area contributed by atoms with Crippen molar-refractivity contribution in [3.63, 3.8) is 0 Å². The van der Waals surface area contributed by atoms with E-state index in [1.165, 1.54) is 22.1 Å². The molecule has 3 aromatic heterocycles. The molecular weight excluding hydrogens is 755 g/mol. The maximum atomic E-state index is 5.38. The SMILES string of the molecule is c1ccc(-c2ccc(-c3nc(-c4ccccc4)nc(-n4c5ccccc5c5ccc6c7ccccc7n(-c7ccccc7-c7ccccc7-c7ccccc7)c6c54)n3)cc2)cc1. The van der Waals surface area contributed by atoms with Gasteiger partial charge in [0.1, 0.15) is 0 Å². The molecule has 0 N–H and O–H groups in total. The Balaban J connectivity index is 1.17. The molecule has 0 saturated carbocycles. The van der Waals surface area contributed by atoms with Crippen LogP contribution in [0.4, 0.5) is 0 Å². The Labute approximate surface area is 358 Å². The van der Waals surface area contributed by atoms with Gasteiger partial charge in [0.25, 0.3) is 0 Å². The van der Waals surface area contributed by atoms with E-state index >= 15 is 0 Å². The van der Waals surface area contributed by atoms with Gasteiger partial charge in [-0.25, -0.2) is 4.98 Å². The first-order chi connectivity index (χ1) is 30.8. The highest BCUT2D eigenvalue weighted by atomic mass is 15.2. The topological polar surface area (TPSA) is 48.5 Å². The summed E-state index contributed by atoms with van der Waals surface area (Å²) in [7, 11) is 0. The van der Waals surface area contributed by atoms with E-state index in [0.717, 1.165) is 71.7 Å². The molecule has 5 nitrogen and oxygen atoms in total. The number of fused-ring (bicyclic) bond motifs is 7. The zero-order chi connectivity index (χ0) is 41.0. The summed E-state index contributed by atoms with van der Waals surface area (Å²) in [4.78, 5) is 15.9. The number of benzene rings is 9. The van der Waals surface area contributed by atoms with Crippen molar-refractivity contribution < 1.29 is 0 Å². The molecule has 5 heteroatoms. The summed E-state index contributed by atoms with van der Waals surface area (Å²) in [6, 6.07) is 79.3. The monoisotopic (exact) mass is 791 g/mol. The number of hydrogen-bond donors (Lipinski definition) is 0. The zero-order valence-corrected chi connectivity index (χ0v) is 33.6. The third kappa shape index (κ3) is 5.82. The molecule has 62 heavy (non-hydrogen) atoms. The lowest BCUT2D eigenvalue weighted by molar-refractivity contribution is 0.953. The van der Waals surface area contributed by atoms with E-state index in [-0.39, 0.29) is 0 Å². The Kier molecular flexibility index (Phi) is 8.42. The number of nitrogens with zero attached hydrogens (tertiary/aromatic N) is 5. The van der Waals surface area contributed by atoms with Crippen molar-refractivity contribution in [1.82, 2.24) is 24.1 Å². The second kappa shape index (κ2) is 14.7. The van der Waals surface area contributed by atoms with Crippen LogP contribution in [0.5, 0.6) is 0 Å². The van der Waals surface area contributed by atoms with Gasteiger partial charge in [-0.3, -0.25) is 4.57 Å². The second-order valence-electron chi connectivity index (χ2n) is 15.6. The molecule has 12 aromatic rings. The van der Waals surface area contributed by atoms with E-state index in [1.54, 1.807) is 0 Å². The third-order valence-electron chi connectivity index (χ3n) is 12.0. The summed E-state index contributed by atoms with van der Waals surface area (Å²) < 4.78 is 4.72. The van der Waals surface area contributed by atoms with E-state index in [0.29, 0.717) is 17.6 Å². The lowest BCUT2D eigenvalue weighted by Crippen LogP contribution is -2.07. The van der Waals surface area contributed by atoms with Crippen LogP contribution in [0.25, 0.3) is 111 Å². The van der Waals surface area contributed by atoms with Gasteiger partial charge in [0.15, 0.2) is 11.6 Å². The largest absolute Gasteiger partial charge is 0.307 e. The highest BCUT2D eigenvalue weighted by Crippen LogP contribution is 2.44. The maximum Gasteiger partial charge on any atom is 0.238 e. The highest BCUT2D eigenvalue weighted by Gasteiger charge is 2.25. The normalized spacial score (nSPS) is 11.5. The molecule has 0 atom stereocenters. The lowest BCUT2D eigenvalue weighted by Gasteiger charge is -2.18. The molecule has 3 heterocycles. The highest BCUT2D eigenvalue weighted by molar-refractivity contribution is 6.24. The molecule has 0 spiro atoms. The first kappa shape index (κ1) is 35.5. The first-order valence-corrected chi connectivity index (χ1v) is 21.0. The molecule has 0 aliphatic rings. The van der Waals surface area contributed by atoms with Crippen LogP contribution in [0.1, 0.15) is 0 Å². The van der Waals surface area contributed by atoms with Crippen molar-refractivity contribution in [2.24, 2.45) is 0 Å². The average molecular weight is 792 g/mol. The fourth-order valence-electron chi connectivity index (χ4n) is 9.20. The van der Waals surface area contributed by atoms with Crippen molar-refractivity contribution in [3.05, 3.63) is 224 Å². The Bertz CT molecular complexity index is 3610. The lowest BCUT2D eigenvalue weighted by atomic mass is 9.93. The number of hydrogen-bond acceptors (Lipinski definition) is 3. The van der Waals surface area contributed by atoms with Crippen molar-refractivity contribution in [3.8, 4) is 67.8 Å². The number of rotatable bonds is 7. The Morgan fingerprint density at radius 3 is 1.31 bits per heavy atom. The number of aromatic nitrogens is 5. The summed E-state index contributed by atoms with van der Waals surface area (Å²) in [5.41, 5.74) is 14.1. The van der Waals surface area contributed by atoms with Gasteiger partial charge >= 0.3 is 0 Å². The summed E-state index contributed by atoms with van der Waals surface area (Å²) in [5.74, 6) is 1.77. The third-order valence-corrected chi connectivity index (χ3v) is 12.0. The van der Waals surface area contributed by atoms with E-state index in [2.05, 4.69) is 209 Å². The minimum Gasteiger partial charge on any atom is -0.307 e. The van der Waals surface area contributed by atoms with Crippen LogP contribution in [-0.2, 0) is 0 Å². The molecule has 290 valence electrons. The summed E-state index contributed by atoms with van der Waals surface area (Å²) >= 11 is 0. The van der Waals surface area contributed by atoms with E-state index < -0.39 is 0 Å². The van der Waals surface area contributed by atoms with Crippen LogP contribution in [-0.4, -0.2) is 24.1 Å². The van der Waals surface area contributed by atoms with E-state index in [4.69, 9.17) is 15.0 Å². The zero-order valence-electron chi connectivity index (χ0n) is 33.6. The van der Waals surface area contributed by atoms with Gasteiger partial charge in [0.2, 0.25) is 5.95 Å².